The number of nitrogens with one attached hydrogen (secondary N) is 1. The molecule has 1 saturated heterocycles. The van der Waals surface area contributed by atoms with Crippen LogP contribution in [0.1, 0.15) is 18.4 Å². The number of nitrogens with zero attached hydrogens (tertiary/aromatic N) is 2. The normalized spacial score (nSPS) is 21.3. The average Bonchev–Trinajstić information content (AvgIpc) is 2.76. The van der Waals surface area contributed by atoms with Crippen LogP contribution in [0.25, 0.3) is 10.9 Å². The number of rotatable bonds is 2. The molecule has 1 fully saturated rings. The van der Waals surface area contributed by atoms with Gasteiger partial charge in [0.1, 0.15) is 11.9 Å². The van der Waals surface area contributed by atoms with E-state index < -0.39 is 0 Å². The zero-order chi connectivity index (χ0) is 12.5. The number of H-pyrrole nitrogens is 1. The zero-order valence-electron chi connectivity index (χ0n) is 10.9. The smallest absolute Gasteiger partial charge is 0.124 e. The molecule has 0 amide bonds. The summed E-state index contributed by atoms with van der Waals surface area (Å²) in [7, 11) is 2.15. The number of piperidine rings is 1. The predicted octanol–water partition coefficient (Wildman–Crippen LogP) is 2.34. The van der Waals surface area contributed by atoms with Gasteiger partial charge in [-0.15, -0.1) is 0 Å². The SMILES string of the molecule is Cc1cc2cn[nH]c2cc1OC1CCCN(C)C1. The first-order valence-corrected chi connectivity index (χ1v) is 6.51. The van der Waals surface area contributed by atoms with Gasteiger partial charge >= 0.3 is 0 Å². The van der Waals surface area contributed by atoms with Crippen molar-refractivity contribution in [1.82, 2.24) is 15.1 Å². The summed E-state index contributed by atoms with van der Waals surface area (Å²) in [5.74, 6) is 0.979. The summed E-state index contributed by atoms with van der Waals surface area (Å²) < 4.78 is 6.14. The summed E-state index contributed by atoms with van der Waals surface area (Å²) in [6.07, 6.45) is 4.51. The van der Waals surface area contributed by atoms with Crippen LogP contribution in [0.3, 0.4) is 0 Å². The van der Waals surface area contributed by atoms with E-state index in [0.29, 0.717) is 6.10 Å². The van der Waals surface area contributed by atoms with Crippen molar-refractivity contribution in [3.63, 3.8) is 0 Å². The quantitative estimate of drug-likeness (QED) is 0.883. The summed E-state index contributed by atoms with van der Waals surface area (Å²) in [6, 6.07) is 4.19. The molecule has 1 aromatic heterocycles. The van der Waals surface area contributed by atoms with E-state index >= 15 is 0 Å². The standard InChI is InChI=1S/C14H19N3O/c1-10-6-11-8-15-16-13(11)7-14(10)18-12-4-3-5-17(2)9-12/h6-8,12H,3-5,9H2,1-2H3,(H,15,16). The Bertz CT molecular complexity index is 549. The Kier molecular flexibility index (Phi) is 2.96. The van der Waals surface area contributed by atoms with Crippen LogP contribution >= 0.6 is 0 Å². The van der Waals surface area contributed by atoms with Crippen LogP contribution < -0.4 is 4.74 Å². The Hall–Kier alpha value is -1.55. The van der Waals surface area contributed by atoms with E-state index in [2.05, 4.69) is 41.2 Å². The molecule has 1 aliphatic heterocycles. The zero-order valence-corrected chi connectivity index (χ0v) is 10.9. The molecule has 0 radical (unpaired) electrons. The molecule has 1 aliphatic rings. The largest absolute Gasteiger partial charge is 0.489 e. The lowest BCUT2D eigenvalue weighted by molar-refractivity contribution is 0.104. The van der Waals surface area contributed by atoms with Gasteiger partial charge in [-0.2, -0.15) is 5.10 Å². The molecule has 1 N–H and O–H groups in total. The fourth-order valence-corrected chi connectivity index (χ4v) is 2.61. The molecular weight excluding hydrogens is 226 g/mol. The Morgan fingerprint density at radius 1 is 1.44 bits per heavy atom. The molecule has 2 heterocycles. The first-order valence-electron chi connectivity index (χ1n) is 6.51. The molecule has 96 valence electrons. The van der Waals surface area contributed by atoms with Gasteiger partial charge in [-0.05, 0) is 45.0 Å². The summed E-state index contributed by atoms with van der Waals surface area (Å²) >= 11 is 0. The van der Waals surface area contributed by atoms with E-state index in [1.165, 1.54) is 18.5 Å². The topological polar surface area (TPSA) is 41.1 Å². The number of aryl methyl sites for hydroxylation is 1. The van der Waals surface area contributed by atoms with Gasteiger partial charge in [0.15, 0.2) is 0 Å². The maximum absolute atomic E-state index is 6.14. The van der Waals surface area contributed by atoms with Crippen molar-refractivity contribution in [3.05, 3.63) is 23.9 Å². The van der Waals surface area contributed by atoms with Crippen molar-refractivity contribution in [3.8, 4) is 5.75 Å². The van der Waals surface area contributed by atoms with Crippen LogP contribution in [-0.2, 0) is 0 Å². The molecule has 0 bridgehead atoms. The van der Waals surface area contributed by atoms with E-state index in [0.717, 1.165) is 29.6 Å². The number of hydrogen-bond acceptors (Lipinski definition) is 3. The van der Waals surface area contributed by atoms with E-state index in [1.807, 2.05) is 6.20 Å². The molecule has 0 spiro atoms. The first-order chi connectivity index (χ1) is 8.72. The van der Waals surface area contributed by atoms with Gasteiger partial charge in [0.05, 0.1) is 11.7 Å². The Labute approximate surface area is 107 Å². The second kappa shape index (κ2) is 4.61. The minimum absolute atomic E-state index is 0.308. The van der Waals surface area contributed by atoms with Crippen LogP contribution in [-0.4, -0.2) is 41.3 Å². The Balaban J connectivity index is 1.82. The Morgan fingerprint density at radius 3 is 3.17 bits per heavy atom. The van der Waals surface area contributed by atoms with Crippen LogP contribution in [0.4, 0.5) is 0 Å². The number of likely N-dealkylation sites (tertiary alicyclic amines) is 1. The highest BCUT2D eigenvalue weighted by molar-refractivity contribution is 5.80. The molecule has 1 aromatic carbocycles. The van der Waals surface area contributed by atoms with Crippen LogP contribution in [0.15, 0.2) is 18.3 Å². The first kappa shape index (κ1) is 11.5. The molecule has 1 unspecified atom stereocenters. The number of benzene rings is 1. The summed E-state index contributed by atoms with van der Waals surface area (Å²) in [4.78, 5) is 2.33. The van der Waals surface area contributed by atoms with Gasteiger partial charge in [0.25, 0.3) is 0 Å². The highest BCUT2D eigenvalue weighted by atomic mass is 16.5. The van der Waals surface area contributed by atoms with Crippen LogP contribution in [0.2, 0.25) is 0 Å². The molecule has 0 aliphatic carbocycles. The average molecular weight is 245 g/mol. The maximum atomic E-state index is 6.14. The van der Waals surface area contributed by atoms with Crippen molar-refractivity contribution in [2.45, 2.75) is 25.9 Å². The highest BCUT2D eigenvalue weighted by Crippen LogP contribution is 2.26. The molecule has 1 atom stereocenters. The number of aromatic nitrogens is 2. The van der Waals surface area contributed by atoms with Crippen molar-refractivity contribution in [1.29, 1.82) is 0 Å². The summed E-state index contributed by atoms with van der Waals surface area (Å²) in [5, 5.41) is 8.19. The molecule has 4 heteroatoms. The molecule has 4 nitrogen and oxygen atoms in total. The fourth-order valence-electron chi connectivity index (χ4n) is 2.61. The van der Waals surface area contributed by atoms with E-state index in [4.69, 9.17) is 4.74 Å². The van der Waals surface area contributed by atoms with Crippen molar-refractivity contribution in [2.24, 2.45) is 0 Å². The number of ether oxygens (including phenoxy) is 1. The van der Waals surface area contributed by atoms with Crippen LogP contribution in [0.5, 0.6) is 5.75 Å². The van der Waals surface area contributed by atoms with E-state index in [-0.39, 0.29) is 0 Å². The van der Waals surface area contributed by atoms with Crippen molar-refractivity contribution < 1.29 is 4.74 Å². The lowest BCUT2D eigenvalue weighted by atomic mass is 10.1. The van der Waals surface area contributed by atoms with Crippen LogP contribution in [0, 0.1) is 6.92 Å². The summed E-state index contributed by atoms with van der Waals surface area (Å²) in [5.41, 5.74) is 2.22. The lowest BCUT2D eigenvalue weighted by Gasteiger charge is -2.30. The third kappa shape index (κ3) is 2.20. The minimum atomic E-state index is 0.308. The van der Waals surface area contributed by atoms with Gasteiger partial charge in [0.2, 0.25) is 0 Å². The monoisotopic (exact) mass is 245 g/mol. The fraction of sp³-hybridized carbons (Fsp3) is 0.500. The Morgan fingerprint density at radius 2 is 2.33 bits per heavy atom. The number of likely N-dealkylation sites (N-methyl/N-ethyl adjacent to an activating group) is 1. The molecular formula is C14H19N3O. The van der Waals surface area contributed by atoms with E-state index in [1.54, 1.807) is 0 Å². The van der Waals surface area contributed by atoms with Crippen molar-refractivity contribution >= 4 is 10.9 Å². The number of aromatic amines is 1. The number of hydrogen-bond donors (Lipinski definition) is 1. The van der Waals surface area contributed by atoms with Gasteiger partial charge in [-0.25, -0.2) is 0 Å². The highest BCUT2D eigenvalue weighted by Gasteiger charge is 2.19. The van der Waals surface area contributed by atoms with Crippen molar-refractivity contribution in [2.75, 3.05) is 20.1 Å². The summed E-state index contributed by atoms with van der Waals surface area (Å²) in [6.45, 7) is 4.28. The number of fused-ring (bicyclic) bond motifs is 1. The molecule has 3 rings (SSSR count). The molecule has 0 saturated carbocycles. The van der Waals surface area contributed by atoms with Gasteiger partial charge in [0, 0.05) is 18.0 Å². The van der Waals surface area contributed by atoms with Gasteiger partial charge in [-0.3, -0.25) is 5.10 Å². The van der Waals surface area contributed by atoms with E-state index in [9.17, 15) is 0 Å². The third-order valence-electron chi connectivity index (χ3n) is 3.61. The molecule has 2 aromatic rings. The molecule has 18 heavy (non-hydrogen) atoms. The second-order valence-corrected chi connectivity index (χ2v) is 5.22. The van der Waals surface area contributed by atoms with Gasteiger partial charge < -0.3 is 9.64 Å². The lowest BCUT2D eigenvalue weighted by Crippen LogP contribution is -2.38. The van der Waals surface area contributed by atoms with Gasteiger partial charge in [-0.1, -0.05) is 0 Å². The second-order valence-electron chi connectivity index (χ2n) is 5.22. The minimum Gasteiger partial charge on any atom is -0.489 e. The third-order valence-corrected chi connectivity index (χ3v) is 3.61. The predicted molar refractivity (Wildman–Crippen MR) is 72.0 cm³/mol. The maximum Gasteiger partial charge on any atom is 0.124 e.